The molecule has 1 N–H and O–H groups in total. The van der Waals surface area contributed by atoms with Crippen LogP contribution in [0.4, 0.5) is 0 Å². The minimum Gasteiger partial charge on any atom is -0.316 e. The average molecular weight is 361 g/mol. The minimum atomic E-state index is -3.41. The third-order valence-electron chi connectivity index (χ3n) is 3.76. The second kappa shape index (κ2) is 6.56. The first kappa shape index (κ1) is 15.9. The fourth-order valence-electron chi connectivity index (χ4n) is 2.72. The Bertz CT molecular complexity index is 575. The zero-order valence-corrected chi connectivity index (χ0v) is 14.3. The summed E-state index contributed by atoms with van der Waals surface area (Å²) in [5.41, 5.74) is 0.974. The summed E-state index contributed by atoms with van der Waals surface area (Å²) < 4.78 is 28.0. The molecule has 1 atom stereocenters. The summed E-state index contributed by atoms with van der Waals surface area (Å²) in [5.74, 6) is 0. The van der Waals surface area contributed by atoms with Crippen LogP contribution in [0.1, 0.15) is 31.7 Å². The molecule has 0 saturated carbocycles. The number of hydrogen-bond acceptors (Lipinski definition) is 3. The number of rotatable bonds is 5. The predicted octanol–water partition coefficient (Wildman–Crippen LogP) is 2.73. The largest absolute Gasteiger partial charge is 0.316 e. The molecule has 1 heterocycles. The number of hydrogen-bond donors (Lipinski definition) is 1. The Kier molecular flexibility index (Phi) is 5.23. The van der Waals surface area contributed by atoms with Gasteiger partial charge in [-0.2, -0.15) is 4.31 Å². The Balaban J connectivity index is 2.40. The van der Waals surface area contributed by atoms with Gasteiger partial charge < -0.3 is 5.32 Å². The van der Waals surface area contributed by atoms with Gasteiger partial charge in [0.1, 0.15) is 0 Å². The van der Waals surface area contributed by atoms with Crippen LogP contribution in [0.25, 0.3) is 0 Å². The van der Waals surface area contributed by atoms with Crippen LogP contribution in [0.15, 0.2) is 27.6 Å². The first-order valence-corrected chi connectivity index (χ1v) is 9.19. The standard InChI is InChI=1S/C14H21BrN2O2S/c1-3-12-5-4-8-17(12)20(18,19)14-9-11(10-16-2)6-7-13(14)15/h6-7,9,12,16H,3-5,8,10H2,1-2H3. The van der Waals surface area contributed by atoms with Crippen LogP contribution >= 0.6 is 15.9 Å². The maximum atomic E-state index is 12.9. The third kappa shape index (κ3) is 3.08. The van der Waals surface area contributed by atoms with E-state index in [1.165, 1.54) is 0 Å². The van der Waals surface area contributed by atoms with E-state index >= 15 is 0 Å². The molecular formula is C14H21BrN2O2S. The van der Waals surface area contributed by atoms with Crippen molar-refractivity contribution in [1.29, 1.82) is 0 Å². The molecule has 4 nitrogen and oxygen atoms in total. The van der Waals surface area contributed by atoms with Gasteiger partial charge in [-0.1, -0.05) is 13.0 Å². The van der Waals surface area contributed by atoms with Crippen molar-refractivity contribution >= 4 is 26.0 Å². The van der Waals surface area contributed by atoms with Crippen LogP contribution in [0.3, 0.4) is 0 Å². The summed E-state index contributed by atoms with van der Waals surface area (Å²) in [7, 11) is -1.56. The van der Waals surface area contributed by atoms with Crippen molar-refractivity contribution in [2.75, 3.05) is 13.6 Å². The molecule has 1 aliphatic heterocycles. The first-order valence-electron chi connectivity index (χ1n) is 6.95. The van der Waals surface area contributed by atoms with E-state index in [0.29, 0.717) is 22.5 Å². The van der Waals surface area contributed by atoms with Crippen LogP contribution in [0.5, 0.6) is 0 Å². The normalized spacial score (nSPS) is 20.4. The van der Waals surface area contributed by atoms with Crippen molar-refractivity contribution in [3.8, 4) is 0 Å². The molecule has 0 radical (unpaired) electrons. The van der Waals surface area contributed by atoms with E-state index in [2.05, 4.69) is 21.2 Å². The Morgan fingerprint density at radius 3 is 2.85 bits per heavy atom. The van der Waals surface area contributed by atoms with Crippen LogP contribution in [0, 0.1) is 0 Å². The summed E-state index contributed by atoms with van der Waals surface area (Å²) in [5, 5.41) is 3.05. The quantitative estimate of drug-likeness (QED) is 0.877. The second-order valence-electron chi connectivity index (χ2n) is 5.12. The monoisotopic (exact) mass is 360 g/mol. The van der Waals surface area contributed by atoms with E-state index in [4.69, 9.17) is 0 Å². The maximum absolute atomic E-state index is 12.9. The van der Waals surface area contributed by atoms with Gasteiger partial charge in [0.2, 0.25) is 10.0 Å². The number of sulfonamides is 1. The molecule has 1 aromatic rings. The van der Waals surface area contributed by atoms with Crippen molar-refractivity contribution in [2.45, 2.75) is 43.7 Å². The van der Waals surface area contributed by atoms with Gasteiger partial charge in [0, 0.05) is 23.6 Å². The Hall–Kier alpha value is -0.430. The number of nitrogens with one attached hydrogen (secondary N) is 1. The Morgan fingerprint density at radius 2 is 2.20 bits per heavy atom. The molecule has 2 rings (SSSR count). The summed E-state index contributed by atoms with van der Waals surface area (Å²) in [6.07, 6.45) is 2.78. The summed E-state index contributed by atoms with van der Waals surface area (Å²) in [6, 6.07) is 5.65. The fraction of sp³-hybridized carbons (Fsp3) is 0.571. The van der Waals surface area contributed by atoms with Crippen LogP contribution in [-0.4, -0.2) is 32.4 Å². The minimum absolute atomic E-state index is 0.139. The van der Waals surface area contributed by atoms with Crippen LogP contribution in [-0.2, 0) is 16.6 Å². The molecule has 1 saturated heterocycles. The zero-order chi connectivity index (χ0) is 14.8. The predicted molar refractivity (Wildman–Crippen MR) is 84.1 cm³/mol. The molecular weight excluding hydrogens is 340 g/mol. The lowest BCUT2D eigenvalue weighted by molar-refractivity contribution is 0.379. The van der Waals surface area contributed by atoms with E-state index in [1.54, 1.807) is 10.4 Å². The Labute approximate surface area is 129 Å². The lowest BCUT2D eigenvalue weighted by atomic mass is 10.2. The lowest BCUT2D eigenvalue weighted by Crippen LogP contribution is -2.35. The topological polar surface area (TPSA) is 49.4 Å². The second-order valence-corrected chi connectivity index (χ2v) is 7.83. The number of halogens is 1. The summed E-state index contributed by atoms with van der Waals surface area (Å²) >= 11 is 3.38. The van der Waals surface area contributed by atoms with E-state index in [-0.39, 0.29) is 6.04 Å². The van der Waals surface area contributed by atoms with Gasteiger partial charge in [0.25, 0.3) is 0 Å². The molecule has 0 amide bonds. The highest BCUT2D eigenvalue weighted by Gasteiger charge is 2.35. The van der Waals surface area contributed by atoms with Crippen molar-refractivity contribution in [3.05, 3.63) is 28.2 Å². The van der Waals surface area contributed by atoms with Gasteiger partial charge in [-0.15, -0.1) is 0 Å². The van der Waals surface area contributed by atoms with Gasteiger partial charge >= 0.3 is 0 Å². The highest BCUT2D eigenvalue weighted by Crippen LogP contribution is 2.32. The molecule has 0 spiro atoms. The molecule has 1 aromatic carbocycles. The van der Waals surface area contributed by atoms with Crippen molar-refractivity contribution < 1.29 is 8.42 Å². The van der Waals surface area contributed by atoms with Crippen molar-refractivity contribution in [3.63, 3.8) is 0 Å². The van der Waals surface area contributed by atoms with Gasteiger partial charge in [-0.3, -0.25) is 0 Å². The number of nitrogens with zero attached hydrogens (tertiary/aromatic N) is 1. The molecule has 0 aliphatic carbocycles. The Morgan fingerprint density at radius 1 is 1.45 bits per heavy atom. The lowest BCUT2D eigenvalue weighted by Gasteiger charge is -2.24. The summed E-state index contributed by atoms with van der Waals surface area (Å²) in [6.45, 7) is 3.33. The van der Waals surface area contributed by atoms with Gasteiger partial charge in [0.15, 0.2) is 0 Å². The fourth-order valence-corrected chi connectivity index (χ4v) is 5.46. The molecule has 112 valence electrons. The smallest absolute Gasteiger partial charge is 0.244 e. The van der Waals surface area contributed by atoms with Crippen molar-refractivity contribution in [2.24, 2.45) is 0 Å². The molecule has 1 aliphatic rings. The maximum Gasteiger partial charge on any atom is 0.244 e. The highest BCUT2D eigenvalue weighted by molar-refractivity contribution is 9.10. The van der Waals surface area contributed by atoms with Gasteiger partial charge in [-0.05, 0) is 59.9 Å². The molecule has 1 fully saturated rings. The first-order chi connectivity index (χ1) is 9.50. The van der Waals surface area contributed by atoms with E-state index in [1.807, 2.05) is 26.1 Å². The highest BCUT2D eigenvalue weighted by atomic mass is 79.9. The molecule has 1 unspecified atom stereocenters. The van der Waals surface area contributed by atoms with Crippen LogP contribution in [0.2, 0.25) is 0 Å². The van der Waals surface area contributed by atoms with Crippen molar-refractivity contribution in [1.82, 2.24) is 9.62 Å². The van der Waals surface area contributed by atoms with E-state index < -0.39 is 10.0 Å². The molecule has 0 bridgehead atoms. The van der Waals surface area contributed by atoms with E-state index in [0.717, 1.165) is 24.8 Å². The van der Waals surface area contributed by atoms with Crippen LogP contribution < -0.4 is 5.32 Å². The summed E-state index contributed by atoms with van der Waals surface area (Å²) in [4.78, 5) is 0.380. The van der Waals surface area contributed by atoms with E-state index in [9.17, 15) is 8.42 Å². The zero-order valence-electron chi connectivity index (χ0n) is 11.9. The SMILES string of the molecule is CCC1CCCN1S(=O)(=O)c1cc(CNC)ccc1Br. The van der Waals surface area contributed by atoms with Gasteiger partial charge in [-0.25, -0.2) is 8.42 Å². The molecule has 6 heteroatoms. The molecule has 20 heavy (non-hydrogen) atoms. The number of benzene rings is 1. The molecule has 0 aromatic heterocycles. The average Bonchev–Trinajstić information content (AvgIpc) is 2.90. The van der Waals surface area contributed by atoms with Gasteiger partial charge in [0.05, 0.1) is 4.90 Å². The third-order valence-corrected chi connectivity index (χ3v) is 6.70.